The van der Waals surface area contributed by atoms with Crippen molar-refractivity contribution >= 4 is 19.9 Å². The molecule has 0 saturated carbocycles. The van der Waals surface area contributed by atoms with Gasteiger partial charge in [0.1, 0.15) is 5.69 Å². The normalized spacial score (nSPS) is 14.8. The highest BCUT2D eigenvalue weighted by atomic mass is 28.4. The molecule has 126 valence electrons. The Balaban J connectivity index is 2.43. The molecule has 7 heteroatoms. The Hall–Kier alpha value is -1.70. The van der Waals surface area contributed by atoms with Crippen molar-refractivity contribution in [3.63, 3.8) is 0 Å². The van der Waals surface area contributed by atoms with Gasteiger partial charge in [-0.3, -0.25) is 9.59 Å². The zero-order valence-electron chi connectivity index (χ0n) is 14.2. The first-order valence-corrected chi connectivity index (χ1v) is 10.9. The second-order valence-corrected chi connectivity index (χ2v) is 11.0. The van der Waals surface area contributed by atoms with Crippen molar-refractivity contribution in [3.8, 4) is 0 Å². The fourth-order valence-corrected chi connectivity index (χ4v) is 3.51. The number of ether oxygens (including phenoxy) is 1. The summed E-state index contributed by atoms with van der Waals surface area (Å²) >= 11 is 0. The number of aromatic nitrogens is 1. The molecule has 0 aromatic carbocycles. The van der Waals surface area contributed by atoms with Gasteiger partial charge in [0.15, 0.2) is 14.1 Å². The number of rotatable bonds is 6. The van der Waals surface area contributed by atoms with E-state index in [4.69, 9.17) is 9.16 Å². The average molecular weight is 337 g/mol. The van der Waals surface area contributed by atoms with Gasteiger partial charge in [0.25, 0.3) is 0 Å². The lowest BCUT2D eigenvalue weighted by molar-refractivity contribution is 0.0911. The molecule has 1 aliphatic rings. The van der Waals surface area contributed by atoms with Crippen LogP contribution in [0.1, 0.15) is 32.1 Å². The third-order valence-electron chi connectivity index (χ3n) is 3.83. The fraction of sp³-hybridized carbons (Fsp3) is 0.500. The van der Waals surface area contributed by atoms with Gasteiger partial charge in [0.05, 0.1) is 19.3 Å². The number of carbonyl (C=O) groups is 2. The van der Waals surface area contributed by atoms with Gasteiger partial charge in [-0.25, -0.2) is 0 Å². The summed E-state index contributed by atoms with van der Waals surface area (Å²) < 4.78 is 12.5. The number of nitrogens with zero attached hydrogens (tertiary/aromatic N) is 1. The first-order valence-electron chi connectivity index (χ1n) is 7.51. The molecule has 1 aromatic rings. The summed E-state index contributed by atoms with van der Waals surface area (Å²) in [5, 5.41) is 9.74. The van der Waals surface area contributed by atoms with Gasteiger partial charge in [-0.15, -0.1) is 0 Å². The lowest BCUT2D eigenvalue weighted by Crippen LogP contribution is -2.26. The number of allylic oxidation sites excluding steroid dienone is 2. The maximum atomic E-state index is 12.5. The van der Waals surface area contributed by atoms with Crippen LogP contribution in [0.4, 0.5) is 0 Å². The summed E-state index contributed by atoms with van der Waals surface area (Å²) in [5.74, 6) is -0.641. The van der Waals surface area contributed by atoms with Crippen LogP contribution in [0, 0.1) is 0 Å². The maximum Gasteiger partial charge on any atom is 0.230 e. The van der Waals surface area contributed by atoms with E-state index in [1.54, 1.807) is 11.6 Å². The second kappa shape index (κ2) is 6.43. The lowest BCUT2D eigenvalue weighted by Gasteiger charge is -2.17. The molecule has 0 atom stereocenters. The van der Waals surface area contributed by atoms with Gasteiger partial charge in [-0.05, 0) is 19.6 Å². The van der Waals surface area contributed by atoms with Crippen LogP contribution in [0.5, 0.6) is 0 Å². The van der Waals surface area contributed by atoms with Crippen molar-refractivity contribution < 1.29 is 23.9 Å². The highest BCUT2D eigenvalue weighted by molar-refractivity contribution is 6.69. The Morgan fingerprint density at radius 3 is 2.43 bits per heavy atom. The Kier molecular flexibility index (Phi) is 4.93. The number of hydrogen-bond acceptors (Lipinski definition) is 5. The van der Waals surface area contributed by atoms with Gasteiger partial charge in [-0.1, -0.05) is 0 Å². The van der Waals surface area contributed by atoms with Crippen LogP contribution < -0.4 is 0 Å². The quantitative estimate of drug-likeness (QED) is 0.801. The molecule has 1 aliphatic carbocycles. The first-order chi connectivity index (χ1) is 10.7. The highest BCUT2D eigenvalue weighted by Crippen LogP contribution is 2.30. The Bertz CT molecular complexity index is 682. The Morgan fingerprint density at radius 1 is 1.26 bits per heavy atom. The molecule has 1 N–H and O–H groups in total. The van der Waals surface area contributed by atoms with Crippen LogP contribution >= 0.6 is 0 Å². The zero-order chi connectivity index (χ0) is 17.4. The van der Waals surface area contributed by atoms with E-state index in [-0.39, 0.29) is 29.5 Å². The SMILES string of the molecule is COC1=CC(=O)c2c(c(CO)c(CCO[Si](C)(C)C)n2C)C1=O. The third-order valence-corrected chi connectivity index (χ3v) is 4.90. The average Bonchev–Trinajstić information content (AvgIpc) is 2.75. The molecule has 1 aromatic heterocycles. The first kappa shape index (κ1) is 17.6. The molecule has 0 amide bonds. The molecule has 0 bridgehead atoms. The molecule has 0 aliphatic heterocycles. The van der Waals surface area contributed by atoms with Gasteiger partial charge >= 0.3 is 0 Å². The molecule has 0 unspecified atom stereocenters. The topological polar surface area (TPSA) is 77.8 Å². The van der Waals surface area contributed by atoms with Crippen LogP contribution in [0.2, 0.25) is 19.6 Å². The number of methoxy groups -OCH3 is 1. The van der Waals surface area contributed by atoms with E-state index < -0.39 is 8.32 Å². The minimum Gasteiger partial charge on any atom is -0.492 e. The van der Waals surface area contributed by atoms with Crippen molar-refractivity contribution in [2.75, 3.05) is 13.7 Å². The summed E-state index contributed by atoms with van der Waals surface area (Å²) in [6.45, 7) is 6.47. The Morgan fingerprint density at radius 2 is 1.91 bits per heavy atom. The molecule has 1 heterocycles. The number of aliphatic hydroxyl groups is 1. The predicted octanol–water partition coefficient (Wildman–Crippen LogP) is 1.82. The maximum absolute atomic E-state index is 12.5. The molecule has 2 rings (SSSR count). The van der Waals surface area contributed by atoms with Crippen LogP contribution in [0.3, 0.4) is 0 Å². The predicted molar refractivity (Wildman–Crippen MR) is 88.1 cm³/mol. The van der Waals surface area contributed by atoms with Crippen LogP contribution in [-0.2, 0) is 29.2 Å². The highest BCUT2D eigenvalue weighted by Gasteiger charge is 2.34. The van der Waals surface area contributed by atoms with Crippen molar-refractivity contribution in [1.82, 2.24) is 4.57 Å². The molecule has 0 fully saturated rings. The number of aliphatic hydroxyl groups excluding tert-OH is 1. The smallest absolute Gasteiger partial charge is 0.230 e. The van der Waals surface area contributed by atoms with Gasteiger partial charge in [-0.2, -0.15) is 0 Å². The lowest BCUT2D eigenvalue weighted by atomic mass is 9.96. The molecule has 6 nitrogen and oxygen atoms in total. The minimum atomic E-state index is -1.65. The van der Waals surface area contributed by atoms with Gasteiger partial charge in [0.2, 0.25) is 11.6 Å². The van der Waals surface area contributed by atoms with E-state index in [0.717, 1.165) is 5.69 Å². The summed E-state index contributed by atoms with van der Waals surface area (Å²) in [4.78, 5) is 24.8. The largest absolute Gasteiger partial charge is 0.492 e. The van der Waals surface area contributed by atoms with Crippen molar-refractivity contribution in [2.24, 2.45) is 7.05 Å². The summed E-state index contributed by atoms with van der Waals surface area (Å²) in [5.41, 5.74) is 1.80. The minimum absolute atomic E-state index is 0.00713. The van der Waals surface area contributed by atoms with Crippen LogP contribution in [-0.4, -0.2) is 43.3 Å². The Labute approximate surface area is 136 Å². The zero-order valence-corrected chi connectivity index (χ0v) is 15.2. The fourth-order valence-electron chi connectivity index (χ4n) is 2.80. The molecule has 23 heavy (non-hydrogen) atoms. The van der Waals surface area contributed by atoms with E-state index in [2.05, 4.69) is 19.6 Å². The standard InChI is InChI=1S/C16H23NO5Si/c1-17-11(6-7-22-23(3,4)5)10(9-18)14-15(17)12(19)8-13(21-2)16(14)20/h8,18H,6-7,9H2,1-5H3. The molecular formula is C16H23NO5Si. The number of ketones is 2. The number of fused-ring (bicyclic) bond motifs is 1. The van der Waals surface area contributed by atoms with Crippen molar-refractivity contribution in [3.05, 3.63) is 34.3 Å². The van der Waals surface area contributed by atoms with Gasteiger partial charge in [0, 0.05) is 37.4 Å². The number of carbonyl (C=O) groups excluding carboxylic acids is 2. The van der Waals surface area contributed by atoms with E-state index in [9.17, 15) is 14.7 Å². The van der Waals surface area contributed by atoms with Crippen molar-refractivity contribution in [1.29, 1.82) is 0 Å². The molecular weight excluding hydrogens is 314 g/mol. The second-order valence-electron chi connectivity index (χ2n) is 6.48. The van der Waals surface area contributed by atoms with Crippen LogP contribution in [0.15, 0.2) is 11.8 Å². The van der Waals surface area contributed by atoms with Gasteiger partial charge < -0.3 is 18.8 Å². The molecule has 0 radical (unpaired) electrons. The van der Waals surface area contributed by atoms with E-state index in [1.807, 2.05) is 0 Å². The van der Waals surface area contributed by atoms with E-state index >= 15 is 0 Å². The van der Waals surface area contributed by atoms with Crippen LogP contribution in [0.25, 0.3) is 0 Å². The van der Waals surface area contributed by atoms with E-state index in [0.29, 0.717) is 24.3 Å². The monoisotopic (exact) mass is 337 g/mol. The number of hydrogen-bond donors (Lipinski definition) is 1. The summed E-state index contributed by atoms with van der Waals surface area (Å²) in [6, 6.07) is 0. The molecule has 0 spiro atoms. The van der Waals surface area contributed by atoms with Crippen molar-refractivity contribution in [2.45, 2.75) is 32.7 Å². The molecule has 0 saturated heterocycles. The summed E-state index contributed by atoms with van der Waals surface area (Å²) in [6.07, 6.45) is 1.74. The summed E-state index contributed by atoms with van der Waals surface area (Å²) in [7, 11) is 1.44. The van der Waals surface area contributed by atoms with E-state index in [1.165, 1.54) is 13.2 Å². The third kappa shape index (κ3) is 3.31. The number of Topliss-reactive ketones (excluding diaryl/α,β-unsaturated/α-hetero) is 1.